The van der Waals surface area contributed by atoms with Crippen LogP contribution in [0.4, 0.5) is 0 Å². The molecule has 0 aromatic heterocycles. The van der Waals surface area contributed by atoms with Crippen molar-refractivity contribution >= 4 is 5.96 Å². The van der Waals surface area contributed by atoms with Gasteiger partial charge in [-0.1, -0.05) is 0 Å². The van der Waals surface area contributed by atoms with E-state index in [0.717, 1.165) is 0 Å². The molecule has 0 aromatic carbocycles. The summed E-state index contributed by atoms with van der Waals surface area (Å²) in [5.41, 5.74) is 4.04. The van der Waals surface area contributed by atoms with Crippen molar-refractivity contribution in [2.45, 2.75) is 48.3 Å². The molecule has 5 aliphatic rings. The van der Waals surface area contributed by atoms with Gasteiger partial charge in [0.25, 0.3) is 0 Å². The zero-order valence-corrected chi connectivity index (χ0v) is 10.2. The maximum Gasteiger partial charge on any atom is 0.343 e. The molecule has 4 bridgehead atoms. The van der Waals surface area contributed by atoms with Gasteiger partial charge in [0.05, 0.1) is 5.92 Å². The minimum absolute atomic E-state index is 0.0631. The van der Waals surface area contributed by atoms with Crippen molar-refractivity contribution in [3.05, 3.63) is 0 Å². The van der Waals surface area contributed by atoms with Crippen LogP contribution in [0.3, 0.4) is 0 Å². The molecule has 10 heteroatoms. The third-order valence-electron chi connectivity index (χ3n) is 4.78. The summed E-state index contributed by atoms with van der Waals surface area (Å²) < 4.78 is 10.2. The Hall–Kier alpha value is -1.01. The maximum atomic E-state index is 10.4. The predicted octanol–water partition coefficient (Wildman–Crippen LogP) is -6.80. The number of rotatable bonds is 0. The van der Waals surface area contributed by atoms with Gasteiger partial charge in [-0.25, -0.2) is 0 Å². The van der Waals surface area contributed by atoms with Crippen LogP contribution in [0, 0.1) is 5.92 Å². The number of aliphatic hydroxyl groups excluding tert-OH is 4. The molecule has 1 spiro atoms. The molecule has 0 radical (unpaired) electrons. The van der Waals surface area contributed by atoms with Gasteiger partial charge in [0, 0.05) is 0 Å². The molecule has 10 nitrogen and oxygen atoms in total. The molecule has 1 saturated carbocycles. The van der Waals surface area contributed by atoms with E-state index in [1.165, 1.54) is 0 Å². The standard InChI is InChI=1S/C10H15N3O7/c11-8-12-6(16)1-3-2(14)4-5(15)9(1,13-8)7(17)10(18,19-3)20-4/h1-7,14-18H,(H3,11,12,13)/p+1/t1?,2?,3?,4?,5?,6?,7-,9?,10?/m0/s1. The fourth-order valence-electron chi connectivity index (χ4n) is 3.98. The summed E-state index contributed by atoms with van der Waals surface area (Å²) in [6.45, 7) is 0. The number of nitrogens with two attached hydrogens (primary N) is 1. The highest BCUT2D eigenvalue weighted by atomic mass is 16.9. The molecule has 112 valence electrons. The van der Waals surface area contributed by atoms with Gasteiger partial charge < -0.3 is 35.0 Å². The summed E-state index contributed by atoms with van der Waals surface area (Å²) in [4.78, 5) is 2.51. The van der Waals surface area contributed by atoms with E-state index in [9.17, 15) is 25.5 Å². The lowest BCUT2D eigenvalue weighted by Gasteiger charge is -2.66. The fraction of sp³-hybridized carbons (Fsp3) is 0.900. The van der Waals surface area contributed by atoms with Crippen LogP contribution < -0.4 is 16.0 Å². The van der Waals surface area contributed by atoms with E-state index in [4.69, 9.17) is 15.2 Å². The minimum Gasteiger partial charge on any atom is -0.388 e. The number of guanidine groups is 1. The molecule has 4 fully saturated rings. The van der Waals surface area contributed by atoms with E-state index in [1.54, 1.807) is 0 Å². The quantitative estimate of drug-likeness (QED) is 0.216. The average Bonchev–Trinajstić information content (AvgIpc) is 2.36. The van der Waals surface area contributed by atoms with Gasteiger partial charge in [-0.05, 0) is 0 Å². The Morgan fingerprint density at radius 3 is 2.50 bits per heavy atom. The largest absolute Gasteiger partial charge is 0.388 e. The van der Waals surface area contributed by atoms with Gasteiger partial charge >= 0.3 is 11.9 Å². The molecule has 9 atom stereocenters. The van der Waals surface area contributed by atoms with Crippen LogP contribution in [0.25, 0.3) is 0 Å². The number of hydrogen-bond acceptors (Lipinski definition) is 9. The molecule has 3 saturated heterocycles. The SMILES string of the molecule is NC1=[NH+]C(O)C2C3OC4(O)OC(C3O)C(O)C2(N1)[C@@H]4O. The summed E-state index contributed by atoms with van der Waals surface area (Å²) in [7, 11) is 0. The summed E-state index contributed by atoms with van der Waals surface area (Å²) >= 11 is 0. The van der Waals surface area contributed by atoms with Crippen molar-refractivity contribution in [2.24, 2.45) is 11.7 Å². The fourth-order valence-corrected chi connectivity index (χ4v) is 3.98. The molecule has 0 aromatic rings. The van der Waals surface area contributed by atoms with Crippen LogP contribution >= 0.6 is 0 Å². The molecule has 20 heavy (non-hydrogen) atoms. The molecule has 5 rings (SSSR count). The van der Waals surface area contributed by atoms with Crippen LogP contribution in [0.5, 0.6) is 0 Å². The van der Waals surface area contributed by atoms with Crippen molar-refractivity contribution < 1.29 is 40.0 Å². The predicted molar refractivity (Wildman–Crippen MR) is 58.2 cm³/mol. The van der Waals surface area contributed by atoms with Gasteiger partial charge in [-0.3, -0.25) is 16.0 Å². The van der Waals surface area contributed by atoms with Gasteiger partial charge in [0.2, 0.25) is 0 Å². The lowest BCUT2D eigenvalue weighted by Crippen LogP contribution is -3.02. The summed E-state index contributed by atoms with van der Waals surface area (Å²) in [5, 5.41) is 53.9. The first-order valence-electron chi connectivity index (χ1n) is 6.28. The first kappa shape index (κ1) is 12.7. The number of ether oxygens (including phenoxy) is 2. The van der Waals surface area contributed by atoms with Crippen molar-refractivity contribution in [3.63, 3.8) is 0 Å². The second kappa shape index (κ2) is 3.42. The Morgan fingerprint density at radius 2 is 1.80 bits per heavy atom. The van der Waals surface area contributed by atoms with E-state index in [1.807, 2.05) is 0 Å². The van der Waals surface area contributed by atoms with Crippen LogP contribution in [0.2, 0.25) is 0 Å². The van der Waals surface area contributed by atoms with Gasteiger partial charge in [-0.15, -0.1) is 0 Å². The zero-order chi connectivity index (χ0) is 14.4. The molecule has 1 aliphatic carbocycles. The van der Waals surface area contributed by atoms with E-state index in [-0.39, 0.29) is 5.96 Å². The summed E-state index contributed by atoms with van der Waals surface area (Å²) in [6.07, 6.45) is -7.83. The number of aliphatic hydroxyl groups is 5. The Balaban J connectivity index is 1.92. The van der Waals surface area contributed by atoms with Crippen LogP contribution in [-0.4, -0.2) is 79.8 Å². The first-order chi connectivity index (χ1) is 9.31. The van der Waals surface area contributed by atoms with Crippen LogP contribution in [0.15, 0.2) is 0 Å². The van der Waals surface area contributed by atoms with Crippen molar-refractivity contribution in [2.75, 3.05) is 0 Å². The van der Waals surface area contributed by atoms with E-state index >= 15 is 0 Å². The second-order valence-electron chi connectivity index (χ2n) is 5.72. The average molecular weight is 290 g/mol. The second-order valence-corrected chi connectivity index (χ2v) is 5.72. The Labute approximate surface area is 112 Å². The smallest absolute Gasteiger partial charge is 0.343 e. The molecule has 9 N–H and O–H groups in total. The van der Waals surface area contributed by atoms with E-state index in [2.05, 4.69) is 10.3 Å². The lowest BCUT2D eigenvalue weighted by molar-refractivity contribution is -0.615. The maximum absolute atomic E-state index is 10.4. The van der Waals surface area contributed by atoms with E-state index < -0.39 is 54.2 Å². The van der Waals surface area contributed by atoms with Crippen molar-refractivity contribution in [1.82, 2.24) is 5.32 Å². The molecule has 0 amide bonds. The lowest BCUT2D eigenvalue weighted by atomic mass is 9.59. The first-order valence-corrected chi connectivity index (χ1v) is 6.28. The molecular formula is C10H16N3O7+. The summed E-state index contributed by atoms with van der Waals surface area (Å²) in [6, 6.07) is 0. The zero-order valence-electron chi connectivity index (χ0n) is 10.2. The molecule has 4 heterocycles. The van der Waals surface area contributed by atoms with Crippen molar-refractivity contribution in [3.8, 4) is 0 Å². The van der Waals surface area contributed by atoms with Gasteiger partial charge in [0.15, 0.2) is 17.9 Å². The highest BCUT2D eigenvalue weighted by Crippen LogP contribution is 2.54. The minimum atomic E-state index is -2.37. The third kappa shape index (κ3) is 1.13. The van der Waals surface area contributed by atoms with Gasteiger partial charge in [0.1, 0.15) is 24.4 Å². The topological polar surface area (TPSA) is 172 Å². The van der Waals surface area contributed by atoms with Gasteiger partial charge in [-0.2, -0.15) is 0 Å². The number of nitrogens with one attached hydrogen (secondary N) is 2. The summed E-state index contributed by atoms with van der Waals surface area (Å²) in [5.74, 6) is -3.36. The molecule has 8 unspecified atom stereocenters. The van der Waals surface area contributed by atoms with Crippen molar-refractivity contribution in [1.29, 1.82) is 0 Å². The Morgan fingerprint density at radius 1 is 1.15 bits per heavy atom. The van der Waals surface area contributed by atoms with Crippen LogP contribution in [0.1, 0.15) is 0 Å². The molecular weight excluding hydrogens is 274 g/mol. The third-order valence-corrected chi connectivity index (χ3v) is 4.78. The highest BCUT2D eigenvalue weighted by Gasteiger charge is 2.81. The van der Waals surface area contributed by atoms with Crippen LogP contribution in [-0.2, 0) is 9.47 Å². The Bertz CT molecular complexity index is 503. The highest BCUT2D eigenvalue weighted by molar-refractivity contribution is 5.74. The monoisotopic (exact) mass is 290 g/mol. The Kier molecular flexibility index (Phi) is 2.17. The molecule has 4 aliphatic heterocycles. The van der Waals surface area contributed by atoms with E-state index in [0.29, 0.717) is 0 Å². The normalized spacial score (nSPS) is 63.6. The number of hydrogen-bond donors (Lipinski definition) is 8.